The fourth-order valence-electron chi connectivity index (χ4n) is 3.94. The number of nitriles is 1. The van der Waals surface area contributed by atoms with Crippen molar-refractivity contribution in [1.82, 2.24) is 10.6 Å². The lowest BCUT2D eigenvalue weighted by molar-refractivity contribution is -0.119. The number of nitrogens with zero attached hydrogens (tertiary/aromatic N) is 1. The van der Waals surface area contributed by atoms with Gasteiger partial charge in [-0.25, -0.2) is 8.78 Å². The fourth-order valence-corrected chi connectivity index (χ4v) is 4.18. The topological polar surface area (TPSA) is 108 Å². The second-order valence-electron chi connectivity index (χ2n) is 10.7. The summed E-state index contributed by atoms with van der Waals surface area (Å²) in [7, 11) is 1.36. The van der Waals surface area contributed by atoms with Gasteiger partial charge in [0.15, 0.2) is 11.6 Å². The highest BCUT2D eigenvalue weighted by atomic mass is 35.5. The van der Waals surface area contributed by atoms with Crippen LogP contribution in [0.3, 0.4) is 0 Å². The standard InChI is InChI=1S/C21H23F5N2O2.C10H8ClN.C4H11N/c1-5-6-14(11-28-19(29)12(2)13(3)21(24,25)26)9-16(20(30)27-4)15-7-8-17(22)18(23)10-15;11-10-4-7(6-12)3-9(5-10)8-1-2-8;1-2-3-4-5/h6-10H,5,11H2,1-4H3,(H,27,30)(H,28,29);3-5,8H,1-2H2;2-5H2,1H3/b13-12+,14-6-,16-9-;;. The average molecular weight is 681 g/mol. The molecule has 0 aromatic heterocycles. The molecule has 0 unspecified atom stereocenters. The number of alkyl halides is 3. The zero-order valence-electron chi connectivity index (χ0n) is 27.3. The summed E-state index contributed by atoms with van der Waals surface area (Å²) in [6.07, 6.45) is 3.76. The molecule has 0 spiro atoms. The summed E-state index contributed by atoms with van der Waals surface area (Å²) in [4.78, 5) is 24.3. The Labute approximate surface area is 278 Å². The number of allylic oxidation sites excluding steroid dienone is 2. The quantitative estimate of drug-likeness (QED) is 0.133. The van der Waals surface area contributed by atoms with E-state index in [-0.39, 0.29) is 17.7 Å². The third-order valence-corrected chi connectivity index (χ3v) is 7.15. The third kappa shape index (κ3) is 14.5. The van der Waals surface area contributed by atoms with Crippen LogP contribution >= 0.6 is 11.6 Å². The van der Waals surface area contributed by atoms with Crippen LogP contribution in [-0.4, -0.2) is 38.1 Å². The van der Waals surface area contributed by atoms with Crippen LogP contribution in [0.2, 0.25) is 5.02 Å². The highest BCUT2D eigenvalue weighted by Crippen LogP contribution is 2.41. The second kappa shape index (κ2) is 20.3. The number of unbranched alkanes of at least 4 members (excludes halogenated alkanes) is 1. The van der Waals surface area contributed by atoms with Gasteiger partial charge in [0.2, 0.25) is 5.91 Å². The number of rotatable bonds is 10. The number of halogens is 6. The number of hydrogen-bond acceptors (Lipinski definition) is 4. The maximum atomic E-state index is 13.6. The molecule has 0 bridgehead atoms. The molecular formula is C35H42ClF5N4O2. The maximum Gasteiger partial charge on any atom is 0.412 e. The average Bonchev–Trinajstić information content (AvgIpc) is 3.89. The molecule has 1 saturated carbocycles. The van der Waals surface area contributed by atoms with Gasteiger partial charge in [-0.2, -0.15) is 18.4 Å². The van der Waals surface area contributed by atoms with Crippen LogP contribution in [0.4, 0.5) is 22.0 Å². The Morgan fingerprint density at radius 3 is 2.19 bits per heavy atom. The summed E-state index contributed by atoms with van der Waals surface area (Å²) >= 11 is 5.85. The predicted molar refractivity (Wildman–Crippen MR) is 176 cm³/mol. The van der Waals surface area contributed by atoms with E-state index in [4.69, 9.17) is 22.6 Å². The first kappa shape index (κ1) is 41.0. The first-order valence-electron chi connectivity index (χ1n) is 15.1. The molecule has 3 rings (SSSR count). The number of carbonyl (C=O) groups excluding carboxylic acids is 2. The van der Waals surface area contributed by atoms with Crippen LogP contribution in [0.5, 0.6) is 0 Å². The molecule has 0 radical (unpaired) electrons. The molecule has 2 aromatic carbocycles. The lowest BCUT2D eigenvalue weighted by Crippen LogP contribution is -2.28. The van der Waals surface area contributed by atoms with Gasteiger partial charge in [-0.15, -0.1) is 0 Å². The first-order valence-corrected chi connectivity index (χ1v) is 15.5. The minimum atomic E-state index is -4.62. The van der Waals surface area contributed by atoms with Gasteiger partial charge < -0.3 is 16.4 Å². The molecule has 0 saturated heterocycles. The number of carbonyl (C=O) groups is 2. The minimum Gasteiger partial charge on any atom is -0.355 e. The van der Waals surface area contributed by atoms with E-state index in [0.29, 0.717) is 28.5 Å². The van der Waals surface area contributed by atoms with Crippen LogP contribution in [0, 0.1) is 23.0 Å². The minimum absolute atomic E-state index is 0.00378. The monoisotopic (exact) mass is 680 g/mol. The van der Waals surface area contributed by atoms with Gasteiger partial charge in [-0.1, -0.05) is 44.0 Å². The lowest BCUT2D eigenvalue weighted by Gasteiger charge is -2.13. The van der Waals surface area contributed by atoms with E-state index in [1.807, 2.05) is 12.1 Å². The smallest absolute Gasteiger partial charge is 0.355 e. The maximum absolute atomic E-state index is 13.6. The molecule has 1 fully saturated rings. The summed E-state index contributed by atoms with van der Waals surface area (Å²) in [6, 6.07) is 10.7. The van der Waals surface area contributed by atoms with Gasteiger partial charge in [0.05, 0.1) is 11.6 Å². The van der Waals surface area contributed by atoms with Gasteiger partial charge in [-0.05, 0) is 105 Å². The number of likely N-dealkylation sites (N-methyl/N-ethyl adjacent to an activating group) is 1. The van der Waals surface area contributed by atoms with Crippen LogP contribution in [-0.2, 0) is 9.59 Å². The Hall–Kier alpha value is -4.01. The van der Waals surface area contributed by atoms with E-state index in [1.54, 1.807) is 19.1 Å². The highest BCUT2D eigenvalue weighted by Gasteiger charge is 2.33. The Bertz CT molecular complexity index is 1500. The van der Waals surface area contributed by atoms with Crippen molar-refractivity contribution in [3.8, 4) is 6.07 Å². The Balaban J connectivity index is 0.000000524. The largest absolute Gasteiger partial charge is 0.412 e. The Morgan fingerprint density at radius 2 is 1.72 bits per heavy atom. The van der Waals surface area contributed by atoms with Gasteiger partial charge in [0.25, 0.3) is 5.91 Å². The molecule has 2 aromatic rings. The molecular weight excluding hydrogens is 639 g/mol. The summed E-state index contributed by atoms with van der Waals surface area (Å²) in [5.41, 5.74) is 6.06. The lowest BCUT2D eigenvalue weighted by atomic mass is 10.0. The van der Waals surface area contributed by atoms with E-state index in [0.717, 1.165) is 32.5 Å². The molecule has 0 aliphatic heterocycles. The Kier molecular flexibility index (Phi) is 17.7. The summed E-state index contributed by atoms with van der Waals surface area (Å²) < 4.78 is 65.1. The molecule has 47 heavy (non-hydrogen) atoms. The molecule has 1 aliphatic rings. The Morgan fingerprint density at radius 1 is 1.06 bits per heavy atom. The van der Waals surface area contributed by atoms with Crippen molar-refractivity contribution in [3.63, 3.8) is 0 Å². The van der Waals surface area contributed by atoms with Crippen molar-refractivity contribution < 1.29 is 31.5 Å². The highest BCUT2D eigenvalue weighted by molar-refractivity contribution is 6.30. The van der Waals surface area contributed by atoms with Gasteiger partial charge in [0.1, 0.15) is 0 Å². The van der Waals surface area contributed by atoms with E-state index in [9.17, 15) is 31.5 Å². The van der Waals surface area contributed by atoms with Gasteiger partial charge >= 0.3 is 6.18 Å². The molecule has 256 valence electrons. The van der Waals surface area contributed by atoms with Crippen LogP contribution in [0.25, 0.3) is 5.57 Å². The van der Waals surface area contributed by atoms with Crippen molar-refractivity contribution in [3.05, 3.63) is 98.6 Å². The molecule has 0 atom stereocenters. The number of nitrogens with one attached hydrogen (secondary N) is 2. The van der Waals surface area contributed by atoms with Crippen LogP contribution < -0.4 is 16.4 Å². The zero-order valence-corrected chi connectivity index (χ0v) is 28.0. The molecule has 12 heteroatoms. The van der Waals surface area contributed by atoms with E-state index >= 15 is 0 Å². The molecule has 4 N–H and O–H groups in total. The molecule has 0 heterocycles. The van der Waals surface area contributed by atoms with E-state index in [1.165, 1.54) is 50.4 Å². The SMILES string of the molecule is CC/C=C(/C=C(\C(=O)NC)c1ccc(F)c(F)c1)CNC(=O)/C(C)=C(\C)C(F)(F)F.CCCCN.N#Cc1cc(Cl)cc(C2CC2)c1. The number of benzene rings is 2. The van der Waals surface area contributed by atoms with E-state index < -0.39 is 40.8 Å². The first-order chi connectivity index (χ1) is 22.1. The number of hydrogen-bond donors (Lipinski definition) is 3. The second-order valence-corrected chi connectivity index (χ2v) is 11.1. The predicted octanol–water partition coefficient (Wildman–Crippen LogP) is 8.28. The number of amides is 2. The molecule has 1 aliphatic carbocycles. The van der Waals surface area contributed by atoms with Crippen molar-refractivity contribution in [2.24, 2.45) is 5.73 Å². The summed E-state index contributed by atoms with van der Waals surface area (Å²) in [5.74, 6) is -3.04. The fraction of sp³-hybridized carbons (Fsp3) is 0.400. The zero-order chi connectivity index (χ0) is 35.7. The van der Waals surface area contributed by atoms with E-state index in [2.05, 4.69) is 23.6 Å². The van der Waals surface area contributed by atoms with Gasteiger partial charge in [0, 0.05) is 35.3 Å². The van der Waals surface area contributed by atoms with Crippen molar-refractivity contribution in [2.75, 3.05) is 20.1 Å². The molecule has 2 amide bonds. The van der Waals surface area contributed by atoms with Gasteiger partial charge in [-0.3, -0.25) is 9.59 Å². The van der Waals surface area contributed by atoms with Crippen molar-refractivity contribution in [2.45, 2.75) is 71.9 Å². The summed E-state index contributed by atoms with van der Waals surface area (Å²) in [6.45, 7) is 6.47. The molecule has 6 nitrogen and oxygen atoms in total. The third-order valence-electron chi connectivity index (χ3n) is 6.94. The van der Waals surface area contributed by atoms with Crippen LogP contribution in [0.15, 0.2) is 65.3 Å². The normalized spacial score (nSPS) is 13.6. The summed E-state index contributed by atoms with van der Waals surface area (Å²) in [5, 5.41) is 14.1. The van der Waals surface area contributed by atoms with Crippen LogP contribution in [0.1, 0.15) is 82.4 Å². The van der Waals surface area contributed by atoms with Crippen molar-refractivity contribution >= 4 is 29.0 Å². The number of nitrogens with two attached hydrogens (primary N) is 1. The van der Waals surface area contributed by atoms with Crippen molar-refractivity contribution in [1.29, 1.82) is 5.26 Å².